The van der Waals surface area contributed by atoms with Crippen molar-refractivity contribution in [1.82, 2.24) is 9.97 Å². The molecule has 0 atom stereocenters. The van der Waals surface area contributed by atoms with Crippen LogP contribution in [0.15, 0.2) is 18.5 Å². The largest absolute Gasteiger partial charge is 0.415 e. The normalized spacial score (nSPS) is 10.4. The number of halogens is 3. The fourth-order valence-electron chi connectivity index (χ4n) is 2.16. The highest BCUT2D eigenvalue weighted by Crippen LogP contribution is 2.26. The predicted molar refractivity (Wildman–Crippen MR) is 92.9 cm³/mol. The van der Waals surface area contributed by atoms with Crippen LogP contribution in [0.1, 0.15) is 16.8 Å². The average Bonchev–Trinajstić information content (AvgIpc) is 2.60. The van der Waals surface area contributed by atoms with Crippen LogP contribution in [0, 0.1) is 18.3 Å². The number of urea groups is 1. The highest BCUT2D eigenvalue weighted by atomic mass is 35.5. The molecule has 11 heteroatoms. The van der Waals surface area contributed by atoms with Crippen LogP contribution < -0.4 is 15.4 Å². The molecule has 0 aliphatic rings. The number of aromatic nitrogens is 2. The van der Waals surface area contributed by atoms with Crippen LogP contribution in [0.4, 0.5) is 25.0 Å². The molecule has 0 saturated carbocycles. The molecule has 2 N–H and O–H groups in total. The zero-order valence-corrected chi connectivity index (χ0v) is 15.0. The highest BCUT2D eigenvalue weighted by molar-refractivity contribution is 6.32. The van der Waals surface area contributed by atoms with E-state index in [-0.39, 0.29) is 23.0 Å². The van der Waals surface area contributed by atoms with Crippen molar-refractivity contribution in [1.29, 1.82) is 5.26 Å². The van der Waals surface area contributed by atoms with E-state index >= 15 is 0 Å². The van der Waals surface area contributed by atoms with E-state index in [2.05, 4.69) is 25.3 Å². The maximum Gasteiger partial charge on any atom is 0.388 e. The first kappa shape index (κ1) is 20.3. The Morgan fingerprint density at radius 3 is 2.70 bits per heavy atom. The molecule has 2 amide bonds. The summed E-state index contributed by atoms with van der Waals surface area (Å²) in [5.74, 6) is -0.457. The van der Waals surface area contributed by atoms with Crippen LogP contribution >= 0.6 is 11.6 Å². The number of amides is 2. The minimum Gasteiger partial charge on any atom is -0.415 e. The lowest BCUT2D eigenvalue weighted by Crippen LogP contribution is -2.21. The molecule has 0 saturated heterocycles. The Labute approximate surface area is 158 Å². The van der Waals surface area contributed by atoms with Crippen LogP contribution in [0.5, 0.6) is 5.88 Å². The Kier molecular flexibility index (Phi) is 6.81. The van der Waals surface area contributed by atoms with E-state index in [1.807, 2.05) is 6.07 Å². The van der Waals surface area contributed by atoms with Crippen molar-refractivity contribution in [2.24, 2.45) is 0 Å². The van der Waals surface area contributed by atoms with Crippen molar-refractivity contribution in [3.05, 3.63) is 40.3 Å². The van der Waals surface area contributed by atoms with E-state index < -0.39 is 18.5 Å². The number of rotatable bonds is 6. The number of nitrogens with zero attached hydrogens (tertiary/aromatic N) is 3. The lowest BCUT2D eigenvalue weighted by atomic mass is 10.1. The van der Waals surface area contributed by atoms with Gasteiger partial charge in [0, 0.05) is 12.7 Å². The molecular weight excluding hydrogens is 384 g/mol. The van der Waals surface area contributed by atoms with Crippen molar-refractivity contribution in [3.63, 3.8) is 0 Å². The van der Waals surface area contributed by atoms with Gasteiger partial charge in [0.2, 0.25) is 5.88 Å². The SMILES string of the molecule is COCc1c(NC(=O)Nc2cnc(OC(F)F)c(Cl)c2)cnc(C)c1C#N. The standard InChI is InChI=1S/C16H14ClF2N5O3/c1-8-10(4-20)11(7-26-2)13(6-21-8)24-16(25)23-9-3-12(17)14(22-5-9)27-15(18)19/h3,5-6,15H,7H2,1-2H3,(H2,23,24,25). The first-order valence-electron chi connectivity index (χ1n) is 7.41. The predicted octanol–water partition coefficient (Wildman–Crippen LogP) is 3.70. The summed E-state index contributed by atoms with van der Waals surface area (Å²) in [5, 5.41) is 14.1. The van der Waals surface area contributed by atoms with Gasteiger partial charge in [0.25, 0.3) is 0 Å². The number of aryl methyl sites for hydroxylation is 1. The van der Waals surface area contributed by atoms with Gasteiger partial charge in [-0.1, -0.05) is 11.6 Å². The van der Waals surface area contributed by atoms with Gasteiger partial charge < -0.3 is 20.1 Å². The molecule has 2 heterocycles. The van der Waals surface area contributed by atoms with Crippen molar-refractivity contribution >= 4 is 29.0 Å². The average molecular weight is 398 g/mol. The maximum absolute atomic E-state index is 12.2. The fourth-order valence-corrected chi connectivity index (χ4v) is 2.37. The lowest BCUT2D eigenvalue weighted by molar-refractivity contribution is -0.0527. The van der Waals surface area contributed by atoms with E-state index in [1.54, 1.807) is 6.92 Å². The smallest absolute Gasteiger partial charge is 0.388 e. The van der Waals surface area contributed by atoms with Crippen LogP contribution in [0.3, 0.4) is 0 Å². The van der Waals surface area contributed by atoms with Crippen molar-refractivity contribution < 1.29 is 23.0 Å². The van der Waals surface area contributed by atoms with Crippen molar-refractivity contribution in [3.8, 4) is 11.9 Å². The first-order valence-corrected chi connectivity index (χ1v) is 7.79. The van der Waals surface area contributed by atoms with Gasteiger partial charge in [0.15, 0.2) is 0 Å². The molecule has 2 aromatic heterocycles. The summed E-state index contributed by atoms with van der Waals surface area (Å²) in [7, 11) is 1.46. The maximum atomic E-state index is 12.2. The Hall–Kier alpha value is -3.03. The third kappa shape index (κ3) is 5.22. The second-order valence-electron chi connectivity index (χ2n) is 5.12. The van der Waals surface area contributed by atoms with E-state index in [4.69, 9.17) is 16.3 Å². The molecule has 2 rings (SSSR count). The quantitative estimate of drug-likeness (QED) is 0.769. The molecule has 2 aromatic rings. The number of hydrogen-bond donors (Lipinski definition) is 2. The summed E-state index contributed by atoms with van der Waals surface area (Å²) in [6, 6.07) is 2.55. The minimum absolute atomic E-state index is 0.0922. The number of pyridine rings is 2. The monoisotopic (exact) mass is 397 g/mol. The summed E-state index contributed by atoms with van der Waals surface area (Å²) in [6.07, 6.45) is 2.50. The van der Waals surface area contributed by atoms with Crippen LogP contribution in [0.2, 0.25) is 5.02 Å². The Morgan fingerprint density at radius 1 is 1.37 bits per heavy atom. The molecule has 0 spiro atoms. The van der Waals surface area contributed by atoms with Gasteiger partial charge in [0.05, 0.1) is 41.6 Å². The van der Waals surface area contributed by atoms with E-state index in [0.717, 1.165) is 6.20 Å². The zero-order chi connectivity index (χ0) is 20.0. The van der Waals surface area contributed by atoms with E-state index in [0.29, 0.717) is 16.8 Å². The van der Waals surface area contributed by atoms with Gasteiger partial charge >= 0.3 is 12.6 Å². The van der Waals surface area contributed by atoms with Crippen LogP contribution in [-0.4, -0.2) is 29.7 Å². The summed E-state index contributed by atoms with van der Waals surface area (Å²) in [4.78, 5) is 19.9. The molecule has 142 valence electrons. The van der Waals surface area contributed by atoms with Gasteiger partial charge in [-0.15, -0.1) is 0 Å². The number of methoxy groups -OCH3 is 1. The number of alkyl halides is 2. The van der Waals surface area contributed by atoms with Crippen LogP contribution in [-0.2, 0) is 11.3 Å². The molecule has 0 unspecified atom stereocenters. The lowest BCUT2D eigenvalue weighted by Gasteiger charge is -2.14. The molecule has 0 aliphatic heterocycles. The van der Waals surface area contributed by atoms with E-state index in [1.165, 1.54) is 19.4 Å². The molecule has 8 nitrogen and oxygen atoms in total. The molecule has 27 heavy (non-hydrogen) atoms. The number of carbonyl (C=O) groups excluding carboxylic acids is 1. The van der Waals surface area contributed by atoms with Gasteiger partial charge in [-0.3, -0.25) is 4.98 Å². The zero-order valence-electron chi connectivity index (χ0n) is 14.2. The number of nitrogens with one attached hydrogen (secondary N) is 2. The number of hydrogen-bond acceptors (Lipinski definition) is 6. The second-order valence-corrected chi connectivity index (χ2v) is 5.53. The van der Waals surface area contributed by atoms with Gasteiger partial charge in [-0.05, 0) is 13.0 Å². The topological polar surface area (TPSA) is 109 Å². The molecule has 0 radical (unpaired) electrons. The molecule has 0 bridgehead atoms. The number of ether oxygens (including phenoxy) is 2. The molecule has 0 aromatic carbocycles. The summed E-state index contributed by atoms with van der Waals surface area (Å²) >= 11 is 5.79. The number of carbonyl (C=O) groups is 1. The van der Waals surface area contributed by atoms with Crippen molar-refractivity contribution in [2.45, 2.75) is 20.1 Å². The van der Waals surface area contributed by atoms with Gasteiger partial charge in [0.1, 0.15) is 11.1 Å². The third-order valence-electron chi connectivity index (χ3n) is 3.29. The Balaban J connectivity index is 2.17. The second kappa shape index (κ2) is 9.07. The molecule has 0 fully saturated rings. The van der Waals surface area contributed by atoms with Gasteiger partial charge in [-0.25, -0.2) is 9.78 Å². The van der Waals surface area contributed by atoms with E-state index in [9.17, 15) is 18.8 Å². The molecular formula is C16H14ClF2N5O3. The highest BCUT2D eigenvalue weighted by Gasteiger charge is 2.16. The third-order valence-corrected chi connectivity index (χ3v) is 3.56. The summed E-state index contributed by atoms with van der Waals surface area (Å²) in [6.45, 7) is -1.31. The first-order chi connectivity index (χ1) is 12.8. The minimum atomic E-state index is -3.07. The number of nitriles is 1. The summed E-state index contributed by atoms with van der Waals surface area (Å²) in [5.41, 5.74) is 1.70. The Morgan fingerprint density at radius 2 is 2.11 bits per heavy atom. The van der Waals surface area contributed by atoms with Crippen LogP contribution in [0.25, 0.3) is 0 Å². The fraction of sp³-hybridized carbons (Fsp3) is 0.250. The summed E-state index contributed by atoms with van der Waals surface area (Å²) < 4.78 is 33.6. The Bertz CT molecular complexity index is 889. The van der Waals surface area contributed by atoms with Gasteiger partial charge in [-0.2, -0.15) is 14.0 Å². The molecule has 0 aliphatic carbocycles. The number of anilines is 2. The van der Waals surface area contributed by atoms with Crippen molar-refractivity contribution in [2.75, 3.05) is 17.7 Å².